The Morgan fingerprint density at radius 1 is 1.16 bits per heavy atom. The van der Waals surface area contributed by atoms with Gasteiger partial charge in [0, 0.05) is 22.8 Å². The summed E-state index contributed by atoms with van der Waals surface area (Å²) >= 11 is 3.38. The molecule has 0 aliphatic rings. The van der Waals surface area contributed by atoms with Crippen molar-refractivity contribution >= 4 is 38.9 Å². The molecular formula is C14H14BrN3O. The van der Waals surface area contributed by atoms with Crippen molar-refractivity contribution < 1.29 is 4.79 Å². The Hall–Kier alpha value is -2.01. The van der Waals surface area contributed by atoms with E-state index in [1.807, 2.05) is 24.3 Å². The number of nitrogens with two attached hydrogens (primary N) is 1. The van der Waals surface area contributed by atoms with Gasteiger partial charge in [-0.05, 0) is 42.5 Å². The van der Waals surface area contributed by atoms with E-state index in [0.29, 0.717) is 11.3 Å². The lowest BCUT2D eigenvalue weighted by molar-refractivity contribution is 0.0963. The monoisotopic (exact) mass is 319 g/mol. The molecule has 1 amide bonds. The van der Waals surface area contributed by atoms with Crippen LogP contribution in [0.25, 0.3) is 0 Å². The molecule has 0 aliphatic carbocycles. The second-order valence-electron chi connectivity index (χ2n) is 4.01. The number of nitrogens with one attached hydrogen (secondary N) is 2. The SMILES string of the molecule is CNC(=O)c1ccc(Nc2ccc(Br)cc2)c(N)c1. The maximum absolute atomic E-state index is 11.5. The van der Waals surface area contributed by atoms with Gasteiger partial charge in [0.1, 0.15) is 0 Å². The molecular weight excluding hydrogens is 306 g/mol. The molecule has 0 aromatic heterocycles. The Morgan fingerprint density at radius 3 is 2.42 bits per heavy atom. The fourth-order valence-electron chi connectivity index (χ4n) is 1.65. The third kappa shape index (κ3) is 3.26. The molecule has 98 valence electrons. The maximum atomic E-state index is 11.5. The number of rotatable bonds is 3. The minimum Gasteiger partial charge on any atom is -0.397 e. The van der Waals surface area contributed by atoms with Gasteiger partial charge in [0.05, 0.1) is 11.4 Å². The van der Waals surface area contributed by atoms with Crippen LogP contribution in [-0.2, 0) is 0 Å². The Morgan fingerprint density at radius 2 is 1.84 bits per heavy atom. The fraction of sp³-hybridized carbons (Fsp3) is 0.0714. The van der Waals surface area contributed by atoms with Crippen LogP contribution < -0.4 is 16.4 Å². The first-order valence-corrected chi connectivity index (χ1v) is 6.53. The number of amides is 1. The van der Waals surface area contributed by atoms with Crippen LogP contribution in [0.3, 0.4) is 0 Å². The first kappa shape index (κ1) is 13.4. The Kier molecular flexibility index (Phi) is 4.06. The number of benzene rings is 2. The first-order chi connectivity index (χ1) is 9.10. The number of nitrogen functional groups attached to an aromatic ring is 1. The highest BCUT2D eigenvalue weighted by Crippen LogP contribution is 2.25. The molecule has 0 saturated carbocycles. The predicted molar refractivity (Wildman–Crippen MR) is 81.7 cm³/mol. The average molecular weight is 320 g/mol. The van der Waals surface area contributed by atoms with E-state index >= 15 is 0 Å². The molecule has 0 aliphatic heterocycles. The molecule has 0 atom stereocenters. The van der Waals surface area contributed by atoms with Gasteiger partial charge in [-0.3, -0.25) is 4.79 Å². The minimum atomic E-state index is -0.151. The molecule has 0 unspecified atom stereocenters. The zero-order valence-corrected chi connectivity index (χ0v) is 12.0. The normalized spacial score (nSPS) is 10.0. The number of carbonyl (C=O) groups is 1. The van der Waals surface area contributed by atoms with Crippen molar-refractivity contribution in [2.45, 2.75) is 0 Å². The van der Waals surface area contributed by atoms with Crippen molar-refractivity contribution in [1.29, 1.82) is 0 Å². The molecule has 0 fully saturated rings. The van der Waals surface area contributed by atoms with Gasteiger partial charge in [-0.2, -0.15) is 0 Å². The van der Waals surface area contributed by atoms with E-state index in [1.54, 1.807) is 25.2 Å². The van der Waals surface area contributed by atoms with E-state index in [4.69, 9.17) is 5.73 Å². The molecule has 0 saturated heterocycles. The number of carbonyl (C=O) groups excluding carboxylic acids is 1. The lowest BCUT2D eigenvalue weighted by Crippen LogP contribution is -2.17. The first-order valence-electron chi connectivity index (χ1n) is 5.74. The van der Waals surface area contributed by atoms with Crippen LogP contribution in [0.5, 0.6) is 0 Å². The van der Waals surface area contributed by atoms with Crippen LogP contribution in [-0.4, -0.2) is 13.0 Å². The highest BCUT2D eigenvalue weighted by molar-refractivity contribution is 9.10. The molecule has 4 N–H and O–H groups in total. The van der Waals surface area contributed by atoms with Gasteiger partial charge in [-0.1, -0.05) is 15.9 Å². The van der Waals surface area contributed by atoms with Crippen LogP contribution in [0.1, 0.15) is 10.4 Å². The van der Waals surface area contributed by atoms with Gasteiger partial charge in [0.2, 0.25) is 0 Å². The second kappa shape index (κ2) is 5.75. The second-order valence-corrected chi connectivity index (χ2v) is 4.93. The lowest BCUT2D eigenvalue weighted by Gasteiger charge is -2.10. The number of halogens is 1. The minimum absolute atomic E-state index is 0.151. The fourth-order valence-corrected chi connectivity index (χ4v) is 1.92. The van der Waals surface area contributed by atoms with Gasteiger partial charge in [0.25, 0.3) is 5.91 Å². The van der Waals surface area contributed by atoms with Crippen molar-refractivity contribution in [2.75, 3.05) is 18.1 Å². The molecule has 4 nitrogen and oxygen atoms in total. The van der Waals surface area contributed by atoms with E-state index in [1.165, 1.54) is 0 Å². The molecule has 5 heteroatoms. The Labute approximate surface area is 120 Å². The zero-order valence-electron chi connectivity index (χ0n) is 10.4. The van der Waals surface area contributed by atoms with Crippen LogP contribution in [0.4, 0.5) is 17.1 Å². The number of hydrogen-bond acceptors (Lipinski definition) is 3. The van der Waals surface area contributed by atoms with Gasteiger partial charge in [-0.25, -0.2) is 0 Å². The van der Waals surface area contributed by atoms with Crippen LogP contribution in [0.2, 0.25) is 0 Å². The summed E-state index contributed by atoms with van der Waals surface area (Å²) in [5.41, 5.74) is 8.72. The summed E-state index contributed by atoms with van der Waals surface area (Å²) in [6.45, 7) is 0. The van der Waals surface area contributed by atoms with Crippen molar-refractivity contribution in [3.63, 3.8) is 0 Å². The van der Waals surface area contributed by atoms with Gasteiger partial charge in [0.15, 0.2) is 0 Å². The topological polar surface area (TPSA) is 67.2 Å². The summed E-state index contributed by atoms with van der Waals surface area (Å²) in [7, 11) is 1.59. The summed E-state index contributed by atoms with van der Waals surface area (Å²) in [6.07, 6.45) is 0. The zero-order chi connectivity index (χ0) is 13.8. The van der Waals surface area contributed by atoms with Gasteiger partial charge >= 0.3 is 0 Å². The molecule has 2 aromatic rings. The Balaban J connectivity index is 2.22. The predicted octanol–water partition coefficient (Wildman–Crippen LogP) is 3.13. The van der Waals surface area contributed by atoms with Crippen LogP contribution >= 0.6 is 15.9 Å². The summed E-state index contributed by atoms with van der Waals surface area (Å²) < 4.78 is 1.01. The number of anilines is 3. The third-order valence-electron chi connectivity index (χ3n) is 2.66. The van der Waals surface area contributed by atoms with E-state index in [0.717, 1.165) is 15.8 Å². The average Bonchev–Trinajstić information content (AvgIpc) is 2.42. The van der Waals surface area contributed by atoms with E-state index in [9.17, 15) is 4.79 Å². The third-order valence-corrected chi connectivity index (χ3v) is 3.19. The summed E-state index contributed by atoms with van der Waals surface area (Å²) in [4.78, 5) is 11.5. The summed E-state index contributed by atoms with van der Waals surface area (Å²) in [5.74, 6) is -0.151. The smallest absolute Gasteiger partial charge is 0.251 e. The summed E-state index contributed by atoms with van der Waals surface area (Å²) in [6, 6.07) is 12.9. The van der Waals surface area contributed by atoms with Crippen LogP contribution in [0, 0.1) is 0 Å². The molecule has 2 rings (SSSR count). The molecule has 2 aromatic carbocycles. The highest BCUT2D eigenvalue weighted by Gasteiger charge is 2.06. The quantitative estimate of drug-likeness (QED) is 0.761. The van der Waals surface area contributed by atoms with Crippen molar-refractivity contribution in [1.82, 2.24) is 5.32 Å². The standard InChI is InChI=1S/C14H14BrN3O/c1-17-14(19)9-2-7-13(12(16)8-9)18-11-5-3-10(15)4-6-11/h2-8,18H,16H2,1H3,(H,17,19). The highest BCUT2D eigenvalue weighted by atomic mass is 79.9. The largest absolute Gasteiger partial charge is 0.397 e. The van der Waals surface area contributed by atoms with Crippen molar-refractivity contribution in [3.05, 3.63) is 52.5 Å². The number of hydrogen-bond donors (Lipinski definition) is 3. The molecule has 0 spiro atoms. The van der Waals surface area contributed by atoms with Crippen molar-refractivity contribution in [2.24, 2.45) is 0 Å². The lowest BCUT2D eigenvalue weighted by atomic mass is 10.1. The summed E-state index contributed by atoms with van der Waals surface area (Å²) in [5, 5.41) is 5.77. The van der Waals surface area contributed by atoms with E-state index < -0.39 is 0 Å². The Bertz CT molecular complexity index is 596. The van der Waals surface area contributed by atoms with Gasteiger partial charge in [-0.15, -0.1) is 0 Å². The molecule has 19 heavy (non-hydrogen) atoms. The van der Waals surface area contributed by atoms with Gasteiger partial charge < -0.3 is 16.4 Å². The molecule has 0 bridgehead atoms. The van der Waals surface area contributed by atoms with E-state index in [2.05, 4.69) is 26.6 Å². The van der Waals surface area contributed by atoms with Crippen LogP contribution in [0.15, 0.2) is 46.9 Å². The maximum Gasteiger partial charge on any atom is 0.251 e. The molecule has 0 radical (unpaired) electrons. The van der Waals surface area contributed by atoms with Crippen molar-refractivity contribution in [3.8, 4) is 0 Å². The molecule has 0 heterocycles. The van der Waals surface area contributed by atoms with E-state index in [-0.39, 0.29) is 5.91 Å².